The molecule has 1 aliphatic carbocycles. The summed E-state index contributed by atoms with van der Waals surface area (Å²) in [7, 11) is 0. The Hall–Kier alpha value is -0.870. The van der Waals surface area contributed by atoms with Crippen molar-refractivity contribution >= 4 is 0 Å². The van der Waals surface area contributed by atoms with Crippen LogP contribution in [-0.4, -0.2) is 33.3 Å². The van der Waals surface area contributed by atoms with Crippen LogP contribution in [0.2, 0.25) is 0 Å². The molecule has 90 valence electrons. The zero-order valence-electron chi connectivity index (χ0n) is 9.89. The molecule has 1 aromatic rings. The molecule has 4 nitrogen and oxygen atoms in total. The third-order valence-electron chi connectivity index (χ3n) is 2.90. The molecule has 0 bridgehead atoms. The van der Waals surface area contributed by atoms with Gasteiger partial charge in [0.2, 0.25) is 0 Å². The minimum atomic E-state index is -0.314. The van der Waals surface area contributed by atoms with E-state index in [1.807, 2.05) is 12.4 Å². The van der Waals surface area contributed by atoms with E-state index in [1.54, 1.807) is 0 Å². The van der Waals surface area contributed by atoms with Gasteiger partial charge in [-0.05, 0) is 19.3 Å². The van der Waals surface area contributed by atoms with Crippen LogP contribution in [0.3, 0.4) is 0 Å². The molecule has 2 rings (SSSR count). The number of imidazole rings is 1. The topological polar surface area (TPSA) is 50.1 Å². The smallest absolute Gasteiger partial charge is 0.108 e. The summed E-state index contributed by atoms with van der Waals surface area (Å²) >= 11 is 0. The van der Waals surface area contributed by atoms with E-state index < -0.39 is 0 Å². The number of rotatable bonds is 7. The quantitative estimate of drug-likeness (QED) is 0.723. The summed E-state index contributed by atoms with van der Waals surface area (Å²) in [4.78, 5) is 4.30. The van der Waals surface area contributed by atoms with Crippen LogP contribution in [-0.2, 0) is 13.0 Å². The number of nitrogens with one attached hydrogen (secondary N) is 1. The number of aromatic nitrogens is 2. The summed E-state index contributed by atoms with van der Waals surface area (Å²) in [6.45, 7) is 3.48. The van der Waals surface area contributed by atoms with E-state index in [1.165, 1.54) is 12.8 Å². The lowest BCUT2D eigenvalue weighted by molar-refractivity contribution is 0.150. The lowest BCUT2D eigenvalue weighted by Crippen LogP contribution is -2.31. The molecule has 0 spiro atoms. The minimum absolute atomic E-state index is 0.314. The van der Waals surface area contributed by atoms with Gasteiger partial charge in [-0.15, -0.1) is 0 Å². The monoisotopic (exact) mass is 223 g/mol. The van der Waals surface area contributed by atoms with Crippen molar-refractivity contribution in [2.75, 3.05) is 6.54 Å². The Morgan fingerprint density at radius 1 is 1.62 bits per heavy atom. The molecule has 16 heavy (non-hydrogen) atoms. The van der Waals surface area contributed by atoms with Gasteiger partial charge in [0.05, 0.1) is 12.6 Å². The Labute approximate surface area is 96.7 Å². The van der Waals surface area contributed by atoms with E-state index in [4.69, 9.17) is 0 Å². The molecular weight excluding hydrogens is 202 g/mol. The van der Waals surface area contributed by atoms with Gasteiger partial charge in [0, 0.05) is 31.4 Å². The van der Waals surface area contributed by atoms with Crippen LogP contribution in [0.1, 0.15) is 32.0 Å². The van der Waals surface area contributed by atoms with Crippen LogP contribution in [0, 0.1) is 0 Å². The van der Waals surface area contributed by atoms with Gasteiger partial charge in [-0.3, -0.25) is 0 Å². The summed E-state index contributed by atoms with van der Waals surface area (Å²) in [5.74, 6) is 1.08. The third-order valence-corrected chi connectivity index (χ3v) is 2.90. The van der Waals surface area contributed by atoms with Crippen LogP contribution >= 0.6 is 0 Å². The van der Waals surface area contributed by atoms with Crippen molar-refractivity contribution in [1.29, 1.82) is 0 Å². The number of hydrogen-bond acceptors (Lipinski definition) is 3. The molecule has 1 unspecified atom stereocenters. The first kappa shape index (κ1) is 11.6. The van der Waals surface area contributed by atoms with Gasteiger partial charge in [0.25, 0.3) is 0 Å². The van der Waals surface area contributed by atoms with E-state index in [2.05, 4.69) is 21.8 Å². The number of aliphatic hydroxyl groups excluding tert-OH is 1. The molecule has 0 amide bonds. The van der Waals surface area contributed by atoms with Crippen LogP contribution in [0.25, 0.3) is 0 Å². The van der Waals surface area contributed by atoms with Crippen LogP contribution in [0.4, 0.5) is 0 Å². The maximum atomic E-state index is 9.88. The van der Waals surface area contributed by atoms with Crippen molar-refractivity contribution in [1.82, 2.24) is 14.9 Å². The van der Waals surface area contributed by atoms with Gasteiger partial charge in [-0.2, -0.15) is 0 Å². The first-order chi connectivity index (χ1) is 7.79. The predicted molar refractivity (Wildman–Crippen MR) is 63.3 cm³/mol. The maximum Gasteiger partial charge on any atom is 0.108 e. The second-order valence-electron chi connectivity index (χ2n) is 4.58. The zero-order valence-corrected chi connectivity index (χ0v) is 9.89. The number of aryl methyl sites for hydroxylation is 1. The largest absolute Gasteiger partial charge is 0.390 e. The van der Waals surface area contributed by atoms with Gasteiger partial charge in [-0.25, -0.2) is 4.98 Å². The Balaban J connectivity index is 1.79. The highest BCUT2D eigenvalue weighted by atomic mass is 16.3. The average Bonchev–Trinajstić information content (AvgIpc) is 3.00. The fraction of sp³-hybridized carbons (Fsp3) is 0.750. The van der Waals surface area contributed by atoms with Crippen LogP contribution < -0.4 is 5.32 Å². The molecule has 1 aliphatic rings. The highest BCUT2D eigenvalue weighted by Crippen LogP contribution is 2.18. The molecule has 1 fully saturated rings. The van der Waals surface area contributed by atoms with Crippen molar-refractivity contribution < 1.29 is 5.11 Å². The summed E-state index contributed by atoms with van der Waals surface area (Å²) in [6.07, 6.45) is 8.05. The van der Waals surface area contributed by atoms with Gasteiger partial charge in [-0.1, -0.05) is 6.92 Å². The Kier molecular flexibility index (Phi) is 3.96. The van der Waals surface area contributed by atoms with E-state index in [0.29, 0.717) is 19.1 Å². The molecule has 4 heteroatoms. The fourth-order valence-corrected chi connectivity index (χ4v) is 1.84. The Bertz CT molecular complexity index is 320. The molecule has 0 saturated heterocycles. The molecular formula is C12H21N3O. The summed E-state index contributed by atoms with van der Waals surface area (Å²) in [5.41, 5.74) is 0. The van der Waals surface area contributed by atoms with E-state index in [9.17, 15) is 5.11 Å². The van der Waals surface area contributed by atoms with Crippen molar-refractivity contribution in [2.24, 2.45) is 0 Å². The average molecular weight is 223 g/mol. The molecule has 2 N–H and O–H groups in total. The Morgan fingerprint density at radius 3 is 3.12 bits per heavy atom. The third kappa shape index (κ3) is 3.32. The van der Waals surface area contributed by atoms with E-state index in [-0.39, 0.29) is 6.10 Å². The minimum Gasteiger partial charge on any atom is -0.390 e. The fourth-order valence-electron chi connectivity index (χ4n) is 1.84. The summed E-state index contributed by atoms with van der Waals surface area (Å²) in [6, 6.07) is 0.660. The van der Waals surface area contributed by atoms with Gasteiger partial charge >= 0.3 is 0 Å². The lowest BCUT2D eigenvalue weighted by Gasteiger charge is -2.14. The van der Waals surface area contributed by atoms with Gasteiger partial charge in [0.1, 0.15) is 5.82 Å². The summed E-state index contributed by atoms with van der Waals surface area (Å²) < 4.78 is 2.06. The number of nitrogens with zero attached hydrogens (tertiary/aromatic N) is 2. The van der Waals surface area contributed by atoms with Gasteiger partial charge in [0.15, 0.2) is 0 Å². The highest BCUT2D eigenvalue weighted by Gasteiger charge is 2.21. The predicted octanol–water partition coefficient (Wildman–Crippen LogP) is 0.949. The van der Waals surface area contributed by atoms with Crippen molar-refractivity contribution in [2.45, 2.75) is 51.3 Å². The second-order valence-corrected chi connectivity index (χ2v) is 4.58. The molecule has 0 aliphatic heterocycles. The highest BCUT2D eigenvalue weighted by molar-refractivity contribution is 4.93. The van der Waals surface area contributed by atoms with Crippen molar-refractivity contribution in [3.8, 4) is 0 Å². The Morgan fingerprint density at radius 2 is 2.44 bits per heavy atom. The second kappa shape index (κ2) is 5.46. The van der Waals surface area contributed by atoms with Crippen molar-refractivity contribution in [3.05, 3.63) is 18.2 Å². The lowest BCUT2D eigenvalue weighted by atomic mass is 10.3. The standard InChI is InChI=1S/C12H21N3O/c1-2-3-12-13-6-7-15(12)9-11(16)8-14-10-4-5-10/h6-7,10-11,14,16H,2-5,8-9H2,1H3. The van der Waals surface area contributed by atoms with E-state index in [0.717, 1.165) is 18.7 Å². The van der Waals surface area contributed by atoms with E-state index >= 15 is 0 Å². The molecule has 1 saturated carbocycles. The molecule has 1 atom stereocenters. The zero-order chi connectivity index (χ0) is 11.4. The molecule has 0 radical (unpaired) electrons. The molecule has 0 aromatic carbocycles. The van der Waals surface area contributed by atoms with Gasteiger partial charge < -0.3 is 15.0 Å². The van der Waals surface area contributed by atoms with Crippen LogP contribution in [0.5, 0.6) is 0 Å². The first-order valence-corrected chi connectivity index (χ1v) is 6.21. The summed E-state index contributed by atoms with van der Waals surface area (Å²) in [5, 5.41) is 13.2. The van der Waals surface area contributed by atoms with Crippen molar-refractivity contribution in [3.63, 3.8) is 0 Å². The SMILES string of the molecule is CCCc1nccn1CC(O)CNC1CC1. The number of aliphatic hydroxyl groups is 1. The molecule has 1 heterocycles. The normalized spacial score (nSPS) is 17.6. The maximum absolute atomic E-state index is 9.88. The first-order valence-electron chi connectivity index (χ1n) is 6.21. The van der Waals surface area contributed by atoms with Crippen LogP contribution in [0.15, 0.2) is 12.4 Å². The molecule has 1 aromatic heterocycles. The number of hydrogen-bond donors (Lipinski definition) is 2.